The molecule has 3 N–H and O–H groups in total. The van der Waals surface area contributed by atoms with Crippen molar-refractivity contribution in [1.29, 1.82) is 0 Å². The summed E-state index contributed by atoms with van der Waals surface area (Å²) in [6.45, 7) is -0.255. The van der Waals surface area contributed by atoms with Gasteiger partial charge in [0.1, 0.15) is 0 Å². The van der Waals surface area contributed by atoms with Crippen molar-refractivity contribution in [3.05, 3.63) is 10.4 Å². The standard InChI is InChI=1S/C13H21N3O4/c14-16-15-8-5-9(18)12-13(6-17,11(8)19)7-3-1-2-4-10(7)20-12/h7-12,17-19H,1-6H2/t7-,8+,9+,10-,11-,12-,13+/m0/s1. The molecular weight excluding hydrogens is 262 g/mol. The van der Waals surface area contributed by atoms with E-state index in [0.29, 0.717) is 0 Å². The lowest BCUT2D eigenvalue weighted by molar-refractivity contribution is -0.163. The number of aliphatic hydroxyl groups is 3. The highest BCUT2D eigenvalue weighted by molar-refractivity contribution is 5.14. The first-order chi connectivity index (χ1) is 9.65. The fraction of sp³-hybridized carbons (Fsp3) is 1.00. The molecule has 2 aliphatic carbocycles. The molecule has 2 saturated carbocycles. The van der Waals surface area contributed by atoms with Crippen LogP contribution in [0.4, 0.5) is 0 Å². The van der Waals surface area contributed by atoms with Gasteiger partial charge < -0.3 is 20.1 Å². The Morgan fingerprint density at radius 3 is 2.75 bits per heavy atom. The van der Waals surface area contributed by atoms with Gasteiger partial charge in [0.2, 0.25) is 0 Å². The van der Waals surface area contributed by atoms with E-state index in [1.54, 1.807) is 0 Å². The summed E-state index contributed by atoms with van der Waals surface area (Å²) in [5.41, 5.74) is 7.72. The molecule has 0 unspecified atom stereocenters. The van der Waals surface area contributed by atoms with Crippen molar-refractivity contribution in [2.24, 2.45) is 16.4 Å². The monoisotopic (exact) mass is 283 g/mol. The van der Waals surface area contributed by atoms with Crippen LogP contribution >= 0.6 is 0 Å². The minimum atomic E-state index is -0.968. The maximum Gasteiger partial charge on any atom is 0.0944 e. The highest BCUT2D eigenvalue weighted by atomic mass is 16.5. The quantitative estimate of drug-likeness (QED) is 0.393. The van der Waals surface area contributed by atoms with E-state index in [4.69, 9.17) is 10.3 Å². The van der Waals surface area contributed by atoms with Crippen LogP contribution in [-0.4, -0.2) is 52.4 Å². The molecule has 3 fully saturated rings. The number of aliphatic hydroxyl groups excluding tert-OH is 3. The average molecular weight is 283 g/mol. The van der Waals surface area contributed by atoms with Gasteiger partial charge >= 0.3 is 0 Å². The largest absolute Gasteiger partial charge is 0.396 e. The first kappa shape index (κ1) is 14.1. The second-order valence-corrected chi connectivity index (χ2v) is 6.28. The summed E-state index contributed by atoms with van der Waals surface area (Å²) >= 11 is 0. The van der Waals surface area contributed by atoms with Gasteiger partial charge in [0, 0.05) is 4.91 Å². The van der Waals surface area contributed by atoms with Crippen LogP contribution < -0.4 is 0 Å². The van der Waals surface area contributed by atoms with Gasteiger partial charge in [-0.05, 0) is 30.7 Å². The molecule has 0 radical (unpaired) electrons. The molecule has 0 amide bonds. The molecule has 20 heavy (non-hydrogen) atoms. The Bertz CT molecular complexity index is 424. The van der Waals surface area contributed by atoms with Crippen LogP contribution in [0.25, 0.3) is 10.4 Å². The summed E-state index contributed by atoms with van der Waals surface area (Å²) in [6.07, 6.45) is 1.68. The molecule has 3 aliphatic rings. The van der Waals surface area contributed by atoms with E-state index < -0.39 is 29.8 Å². The summed E-state index contributed by atoms with van der Waals surface area (Å²) in [6, 6.07) is -0.706. The first-order valence-electron chi connectivity index (χ1n) is 7.31. The average Bonchev–Trinajstić information content (AvgIpc) is 2.81. The van der Waals surface area contributed by atoms with Crippen LogP contribution in [0.5, 0.6) is 0 Å². The lowest BCUT2D eigenvalue weighted by Gasteiger charge is -2.49. The van der Waals surface area contributed by atoms with E-state index in [-0.39, 0.29) is 25.0 Å². The van der Waals surface area contributed by atoms with Crippen molar-refractivity contribution in [1.82, 2.24) is 0 Å². The van der Waals surface area contributed by atoms with Crippen LogP contribution in [0.2, 0.25) is 0 Å². The van der Waals surface area contributed by atoms with E-state index in [1.807, 2.05) is 0 Å². The third kappa shape index (κ3) is 1.78. The fourth-order valence-electron chi connectivity index (χ4n) is 4.57. The summed E-state index contributed by atoms with van der Waals surface area (Å²) in [7, 11) is 0. The molecule has 1 heterocycles. The van der Waals surface area contributed by atoms with Crippen LogP contribution in [-0.2, 0) is 4.74 Å². The Morgan fingerprint density at radius 1 is 1.30 bits per heavy atom. The Hall–Kier alpha value is -0.850. The van der Waals surface area contributed by atoms with E-state index in [9.17, 15) is 15.3 Å². The molecule has 1 saturated heterocycles. The maximum atomic E-state index is 10.7. The summed E-state index contributed by atoms with van der Waals surface area (Å²) in [4.78, 5) is 2.76. The number of rotatable bonds is 2. The SMILES string of the molecule is [N-]=[N+]=N[C@@H]1C[C@@H](O)[C@@H]2O[C@H]3CCCC[C@@H]3[C@]2(CO)[C@H]1O. The van der Waals surface area contributed by atoms with Gasteiger partial charge in [0.25, 0.3) is 0 Å². The molecular formula is C13H21N3O4. The van der Waals surface area contributed by atoms with Crippen LogP contribution in [0.15, 0.2) is 5.11 Å². The summed E-state index contributed by atoms with van der Waals surface area (Å²) < 4.78 is 5.97. The van der Waals surface area contributed by atoms with Gasteiger partial charge in [-0.3, -0.25) is 0 Å². The lowest BCUT2D eigenvalue weighted by Crippen LogP contribution is -2.62. The third-order valence-electron chi connectivity index (χ3n) is 5.47. The zero-order chi connectivity index (χ0) is 14.3. The molecule has 0 aromatic carbocycles. The van der Waals surface area contributed by atoms with E-state index in [1.165, 1.54) is 0 Å². The highest BCUT2D eigenvalue weighted by Crippen LogP contribution is 2.56. The van der Waals surface area contributed by atoms with Gasteiger partial charge in [0.15, 0.2) is 0 Å². The van der Waals surface area contributed by atoms with Gasteiger partial charge in [-0.1, -0.05) is 18.0 Å². The summed E-state index contributed by atoms with van der Waals surface area (Å²) in [5, 5.41) is 34.6. The van der Waals surface area contributed by atoms with E-state index >= 15 is 0 Å². The zero-order valence-electron chi connectivity index (χ0n) is 11.3. The van der Waals surface area contributed by atoms with Crippen LogP contribution in [0.3, 0.4) is 0 Å². The Labute approximate surface area is 117 Å². The van der Waals surface area contributed by atoms with Gasteiger partial charge in [0.05, 0.1) is 42.5 Å². The fourth-order valence-corrected chi connectivity index (χ4v) is 4.57. The van der Waals surface area contributed by atoms with E-state index in [0.717, 1.165) is 25.7 Å². The zero-order valence-corrected chi connectivity index (χ0v) is 11.3. The highest BCUT2D eigenvalue weighted by Gasteiger charge is 2.65. The Balaban J connectivity index is 2.00. The molecule has 7 nitrogen and oxygen atoms in total. The third-order valence-corrected chi connectivity index (χ3v) is 5.47. The van der Waals surface area contributed by atoms with Crippen molar-refractivity contribution in [3.63, 3.8) is 0 Å². The normalized spacial score (nSPS) is 51.0. The molecule has 112 valence electrons. The first-order valence-corrected chi connectivity index (χ1v) is 7.31. The number of fused-ring (bicyclic) bond motifs is 3. The van der Waals surface area contributed by atoms with Crippen molar-refractivity contribution in [2.45, 2.75) is 62.6 Å². The van der Waals surface area contributed by atoms with Gasteiger partial charge in [-0.2, -0.15) is 0 Å². The predicted octanol–water partition coefficient (Wildman–Crippen LogP) is 0.727. The Kier molecular flexibility index (Phi) is 3.64. The smallest absolute Gasteiger partial charge is 0.0944 e. The maximum absolute atomic E-state index is 10.7. The minimum Gasteiger partial charge on any atom is -0.396 e. The topological polar surface area (TPSA) is 119 Å². The predicted molar refractivity (Wildman–Crippen MR) is 69.7 cm³/mol. The van der Waals surface area contributed by atoms with Gasteiger partial charge in [-0.15, -0.1) is 0 Å². The molecule has 3 rings (SSSR count). The van der Waals surface area contributed by atoms with E-state index in [2.05, 4.69) is 10.0 Å². The van der Waals surface area contributed by atoms with Crippen LogP contribution in [0, 0.1) is 11.3 Å². The second kappa shape index (κ2) is 5.16. The van der Waals surface area contributed by atoms with Crippen LogP contribution in [0.1, 0.15) is 32.1 Å². The molecule has 7 atom stereocenters. The number of ether oxygens (including phenoxy) is 1. The Morgan fingerprint density at radius 2 is 2.05 bits per heavy atom. The number of hydrogen-bond donors (Lipinski definition) is 3. The molecule has 1 aliphatic heterocycles. The molecule has 7 heteroatoms. The molecule has 0 aromatic rings. The second-order valence-electron chi connectivity index (χ2n) is 6.28. The summed E-state index contributed by atoms with van der Waals surface area (Å²) in [5.74, 6) is 0.0209. The number of azide groups is 1. The van der Waals surface area contributed by atoms with Crippen molar-refractivity contribution in [3.8, 4) is 0 Å². The number of nitrogens with zero attached hydrogens (tertiary/aromatic N) is 3. The molecule has 0 aromatic heterocycles. The van der Waals surface area contributed by atoms with Crippen molar-refractivity contribution < 1.29 is 20.1 Å². The molecule has 0 spiro atoms. The van der Waals surface area contributed by atoms with Crippen molar-refractivity contribution >= 4 is 0 Å². The minimum absolute atomic E-state index is 0.0185. The lowest BCUT2D eigenvalue weighted by atomic mass is 9.59. The number of hydrogen-bond acceptors (Lipinski definition) is 5. The van der Waals surface area contributed by atoms with Gasteiger partial charge in [-0.25, -0.2) is 0 Å². The van der Waals surface area contributed by atoms with Crippen molar-refractivity contribution in [2.75, 3.05) is 6.61 Å². The molecule has 0 bridgehead atoms.